The summed E-state index contributed by atoms with van der Waals surface area (Å²) in [4.78, 5) is 2.20. The van der Waals surface area contributed by atoms with Crippen LogP contribution in [-0.4, -0.2) is 19.7 Å². The summed E-state index contributed by atoms with van der Waals surface area (Å²) < 4.78 is 5.22. The van der Waals surface area contributed by atoms with Gasteiger partial charge in [-0.2, -0.15) is 0 Å². The van der Waals surface area contributed by atoms with Gasteiger partial charge in [0.25, 0.3) is 0 Å². The van der Waals surface area contributed by atoms with Gasteiger partial charge in [0, 0.05) is 18.7 Å². The molecule has 0 aliphatic carbocycles. The zero-order valence-corrected chi connectivity index (χ0v) is 10.9. The summed E-state index contributed by atoms with van der Waals surface area (Å²) in [5.41, 5.74) is 7.88. The molecule has 16 heavy (non-hydrogen) atoms. The molecule has 0 saturated carbocycles. The number of nitrogens with two attached hydrogens (primary N) is 1. The highest BCUT2D eigenvalue weighted by Gasteiger charge is 2.23. The van der Waals surface area contributed by atoms with Crippen LogP contribution in [0.3, 0.4) is 0 Å². The summed E-state index contributed by atoms with van der Waals surface area (Å²) in [6.45, 7) is 6.57. The van der Waals surface area contributed by atoms with E-state index in [1.807, 2.05) is 18.2 Å². The van der Waals surface area contributed by atoms with Gasteiger partial charge in [0.2, 0.25) is 0 Å². The van der Waals surface area contributed by atoms with Crippen LogP contribution in [0.1, 0.15) is 27.2 Å². The Bertz CT molecular complexity index is 361. The van der Waals surface area contributed by atoms with E-state index in [9.17, 15) is 0 Å². The van der Waals surface area contributed by atoms with Gasteiger partial charge in [-0.1, -0.05) is 6.92 Å². The molecule has 0 radical (unpaired) electrons. The number of nitrogen functional groups attached to an aromatic ring is 1. The van der Waals surface area contributed by atoms with Crippen molar-refractivity contribution >= 4 is 11.4 Å². The quantitative estimate of drug-likeness (QED) is 0.796. The summed E-state index contributed by atoms with van der Waals surface area (Å²) in [5, 5.41) is 0. The Labute approximate surface area is 98.2 Å². The molecule has 0 spiro atoms. The summed E-state index contributed by atoms with van der Waals surface area (Å²) in [5.74, 6) is 0.836. The van der Waals surface area contributed by atoms with Crippen LogP contribution in [0.4, 0.5) is 11.4 Å². The third kappa shape index (κ3) is 2.40. The lowest BCUT2D eigenvalue weighted by molar-refractivity contribution is 0.414. The molecule has 0 amide bonds. The van der Waals surface area contributed by atoms with Gasteiger partial charge in [-0.25, -0.2) is 0 Å². The van der Waals surface area contributed by atoms with E-state index < -0.39 is 0 Å². The first-order valence-electron chi connectivity index (χ1n) is 5.59. The first kappa shape index (κ1) is 12.7. The average molecular weight is 222 g/mol. The second-order valence-electron chi connectivity index (χ2n) is 4.65. The molecular formula is C13H22N2O. The highest BCUT2D eigenvalue weighted by molar-refractivity contribution is 5.70. The minimum Gasteiger partial charge on any atom is -0.497 e. The van der Waals surface area contributed by atoms with Crippen LogP contribution < -0.4 is 15.4 Å². The fourth-order valence-electron chi connectivity index (χ4n) is 1.50. The molecule has 0 aliphatic heterocycles. The van der Waals surface area contributed by atoms with E-state index in [1.165, 1.54) is 0 Å². The number of benzene rings is 1. The Kier molecular flexibility index (Phi) is 3.68. The maximum atomic E-state index is 6.00. The fourth-order valence-corrected chi connectivity index (χ4v) is 1.50. The standard InChI is InChI=1S/C13H22N2O/c1-6-13(2,3)15(4)12-9-10(16-5)7-8-11(12)14/h7-9H,6,14H2,1-5H3. The lowest BCUT2D eigenvalue weighted by Crippen LogP contribution is -2.40. The van der Waals surface area contributed by atoms with Gasteiger partial charge >= 0.3 is 0 Å². The maximum absolute atomic E-state index is 6.00. The summed E-state index contributed by atoms with van der Waals surface area (Å²) in [6.07, 6.45) is 1.06. The van der Waals surface area contributed by atoms with Crippen molar-refractivity contribution in [3.63, 3.8) is 0 Å². The van der Waals surface area contributed by atoms with E-state index in [0.717, 1.165) is 23.5 Å². The van der Waals surface area contributed by atoms with Crippen molar-refractivity contribution in [3.05, 3.63) is 18.2 Å². The van der Waals surface area contributed by atoms with Crippen LogP contribution in [0.5, 0.6) is 5.75 Å². The maximum Gasteiger partial charge on any atom is 0.121 e. The molecule has 3 nitrogen and oxygen atoms in total. The molecule has 0 saturated heterocycles. The van der Waals surface area contributed by atoms with Gasteiger partial charge in [-0.15, -0.1) is 0 Å². The lowest BCUT2D eigenvalue weighted by atomic mass is 9.99. The first-order chi connectivity index (χ1) is 7.42. The van der Waals surface area contributed by atoms with E-state index >= 15 is 0 Å². The molecule has 0 unspecified atom stereocenters. The molecular weight excluding hydrogens is 200 g/mol. The minimum absolute atomic E-state index is 0.0838. The van der Waals surface area contributed by atoms with Gasteiger partial charge in [0.15, 0.2) is 0 Å². The second kappa shape index (κ2) is 4.64. The number of anilines is 2. The summed E-state index contributed by atoms with van der Waals surface area (Å²) in [7, 11) is 3.73. The summed E-state index contributed by atoms with van der Waals surface area (Å²) in [6, 6.07) is 5.74. The zero-order valence-electron chi connectivity index (χ0n) is 10.9. The Balaban J connectivity index is 3.11. The third-order valence-corrected chi connectivity index (χ3v) is 3.37. The van der Waals surface area contributed by atoms with Gasteiger partial charge in [0.1, 0.15) is 5.75 Å². The predicted octanol–water partition coefficient (Wildman–Crippen LogP) is 2.90. The van der Waals surface area contributed by atoms with Crippen molar-refractivity contribution in [2.45, 2.75) is 32.7 Å². The van der Waals surface area contributed by atoms with Crippen molar-refractivity contribution in [1.82, 2.24) is 0 Å². The van der Waals surface area contributed by atoms with Crippen molar-refractivity contribution < 1.29 is 4.74 Å². The van der Waals surface area contributed by atoms with Crippen LogP contribution in [0.2, 0.25) is 0 Å². The van der Waals surface area contributed by atoms with E-state index in [-0.39, 0.29) is 5.54 Å². The molecule has 0 fully saturated rings. The van der Waals surface area contributed by atoms with E-state index in [2.05, 4.69) is 32.7 Å². The SMILES string of the molecule is CCC(C)(C)N(C)c1cc(OC)ccc1N. The topological polar surface area (TPSA) is 38.5 Å². The number of ether oxygens (including phenoxy) is 1. The lowest BCUT2D eigenvalue weighted by Gasteiger charge is -2.37. The van der Waals surface area contributed by atoms with Crippen molar-refractivity contribution in [2.75, 3.05) is 24.8 Å². The molecule has 1 aromatic rings. The van der Waals surface area contributed by atoms with E-state index in [1.54, 1.807) is 7.11 Å². The van der Waals surface area contributed by atoms with Gasteiger partial charge in [-0.05, 0) is 32.4 Å². The Hall–Kier alpha value is -1.38. The van der Waals surface area contributed by atoms with Gasteiger partial charge in [-0.3, -0.25) is 0 Å². The van der Waals surface area contributed by atoms with Crippen molar-refractivity contribution in [3.8, 4) is 5.75 Å². The number of methoxy groups -OCH3 is 1. The molecule has 1 aromatic carbocycles. The largest absolute Gasteiger partial charge is 0.497 e. The smallest absolute Gasteiger partial charge is 0.121 e. The molecule has 2 N–H and O–H groups in total. The third-order valence-electron chi connectivity index (χ3n) is 3.37. The van der Waals surface area contributed by atoms with E-state index in [0.29, 0.717) is 0 Å². The van der Waals surface area contributed by atoms with Crippen LogP contribution in [0.25, 0.3) is 0 Å². The highest BCUT2D eigenvalue weighted by Crippen LogP contribution is 2.32. The Morgan fingerprint density at radius 2 is 2.00 bits per heavy atom. The molecule has 0 aliphatic rings. The normalized spacial score (nSPS) is 11.3. The fraction of sp³-hybridized carbons (Fsp3) is 0.538. The molecule has 0 bridgehead atoms. The Morgan fingerprint density at radius 3 is 2.50 bits per heavy atom. The molecule has 90 valence electrons. The average Bonchev–Trinajstić information content (AvgIpc) is 2.29. The van der Waals surface area contributed by atoms with E-state index in [4.69, 9.17) is 10.5 Å². The first-order valence-corrected chi connectivity index (χ1v) is 5.59. The van der Waals surface area contributed by atoms with Crippen molar-refractivity contribution in [2.24, 2.45) is 0 Å². The molecule has 3 heteroatoms. The number of hydrogen-bond donors (Lipinski definition) is 1. The number of rotatable bonds is 4. The number of hydrogen-bond acceptors (Lipinski definition) is 3. The molecule has 1 rings (SSSR count). The second-order valence-corrected chi connectivity index (χ2v) is 4.65. The summed E-state index contributed by atoms with van der Waals surface area (Å²) >= 11 is 0. The molecule has 0 heterocycles. The van der Waals surface area contributed by atoms with Gasteiger partial charge in [0.05, 0.1) is 18.5 Å². The highest BCUT2D eigenvalue weighted by atomic mass is 16.5. The van der Waals surface area contributed by atoms with Crippen LogP contribution in [0.15, 0.2) is 18.2 Å². The molecule has 0 atom stereocenters. The van der Waals surface area contributed by atoms with Crippen LogP contribution >= 0.6 is 0 Å². The van der Waals surface area contributed by atoms with Crippen molar-refractivity contribution in [1.29, 1.82) is 0 Å². The predicted molar refractivity (Wildman–Crippen MR) is 70.2 cm³/mol. The molecule has 0 aromatic heterocycles. The van der Waals surface area contributed by atoms with Gasteiger partial charge < -0.3 is 15.4 Å². The Morgan fingerprint density at radius 1 is 1.38 bits per heavy atom. The number of nitrogens with zero attached hydrogens (tertiary/aromatic N) is 1. The monoisotopic (exact) mass is 222 g/mol. The minimum atomic E-state index is 0.0838. The van der Waals surface area contributed by atoms with Crippen LogP contribution in [-0.2, 0) is 0 Å². The van der Waals surface area contributed by atoms with Crippen LogP contribution in [0, 0.1) is 0 Å². The zero-order chi connectivity index (χ0) is 12.3.